The van der Waals surface area contributed by atoms with E-state index in [2.05, 4.69) is 10.4 Å². The van der Waals surface area contributed by atoms with Crippen LogP contribution in [0.1, 0.15) is 49.3 Å². The molecule has 0 saturated carbocycles. The highest BCUT2D eigenvalue weighted by molar-refractivity contribution is 6.32. The quantitative estimate of drug-likeness (QED) is 0.312. The Hall–Kier alpha value is -5.14. The number of amides is 2. The molecule has 1 N–H and O–H groups in total. The average Bonchev–Trinajstić information content (AvgIpc) is 3.39. The third-order valence-corrected chi connectivity index (χ3v) is 7.10. The van der Waals surface area contributed by atoms with Crippen molar-refractivity contribution in [2.45, 2.75) is 19.5 Å². The van der Waals surface area contributed by atoms with Crippen molar-refractivity contribution < 1.29 is 23.9 Å². The maximum absolute atomic E-state index is 13.7. The molecule has 0 radical (unpaired) electrons. The number of nitrogens with zero attached hydrogens (tertiary/aromatic N) is 4. The number of hydrogen-bond acceptors (Lipinski definition) is 7. The lowest BCUT2D eigenvalue weighted by atomic mass is 10.0. The van der Waals surface area contributed by atoms with Crippen molar-refractivity contribution >= 4 is 40.6 Å². The topological polar surface area (TPSA) is 127 Å². The van der Waals surface area contributed by atoms with E-state index in [1.807, 2.05) is 13.0 Å². The van der Waals surface area contributed by atoms with E-state index in [0.717, 1.165) is 0 Å². The van der Waals surface area contributed by atoms with E-state index in [1.165, 1.54) is 38.6 Å². The van der Waals surface area contributed by atoms with Gasteiger partial charge in [0, 0.05) is 22.4 Å². The number of ether oxygens (including phenoxy) is 2. The number of methoxy groups -OCH3 is 2. The van der Waals surface area contributed by atoms with E-state index in [-0.39, 0.29) is 40.2 Å². The van der Waals surface area contributed by atoms with Gasteiger partial charge < -0.3 is 19.7 Å². The second kappa shape index (κ2) is 11.2. The van der Waals surface area contributed by atoms with Gasteiger partial charge in [-0.1, -0.05) is 11.6 Å². The molecule has 3 aromatic carbocycles. The number of ketones is 1. The maximum atomic E-state index is 13.7. The minimum atomic E-state index is -0.500. The second-order valence-electron chi connectivity index (χ2n) is 9.32. The molecule has 1 aromatic heterocycles. The fourth-order valence-electron chi connectivity index (χ4n) is 4.73. The van der Waals surface area contributed by atoms with Gasteiger partial charge in [-0.2, -0.15) is 10.4 Å². The smallest absolute Gasteiger partial charge is 0.279 e. The minimum Gasteiger partial charge on any atom is -0.495 e. The first kappa shape index (κ1) is 27.4. The average molecular weight is 570 g/mol. The molecule has 0 aliphatic carbocycles. The fourth-order valence-corrected chi connectivity index (χ4v) is 4.93. The van der Waals surface area contributed by atoms with Crippen molar-refractivity contribution in [1.82, 2.24) is 9.78 Å². The zero-order valence-electron chi connectivity index (χ0n) is 22.3. The van der Waals surface area contributed by atoms with Crippen molar-refractivity contribution in [3.8, 4) is 17.6 Å². The van der Waals surface area contributed by atoms with Crippen LogP contribution in [-0.4, -0.2) is 47.6 Å². The van der Waals surface area contributed by atoms with Crippen molar-refractivity contribution in [2.75, 3.05) is 24.4 Å². The van der Waals surface area contributed by atoms with Gasteiger partial charge in [-0.05, 0) is 67.6 Å². The van der Waals surface area contributed by atoms with Gasteiger partial charge in [0.1, 0.15) is 23.3 Å². The van der Waals surface area contributed by atoms with Crippen LogP contribution < -0.4 is 19.7 Å². The number of aromatic nitrogens is 2. The summed E-state index contributed by atoms with van der Waals surface area (Å²) in [5, 5.41) is 16.8. The van der Waals surface area contributed by atoms with Crippen LogP contribution in [0.2, 0.25) is 5.02 Å². The molecule has 1 unspecified atom stereocenters. The molecule has 5 rings (SSSR count). The van der Waals surface area contributed by atoms with Crippen molar-refractivity contribution in [3.05, 3.63) is 99.8 Å². The second-order valence-corrected chi connectivity index (χ2v) is 9.73. The third-order valence-electron chi connectivity index (χ3n) is 6.79. The van der Waals surface area contributed by atoms with Gasteiger partial charge in [0.05, 0.1) is 49.3 Å². The lowest BCUT2D eigenvalue weighted by Crippen LogP contribution is -2.47. The van der Waals surface area contributed by atoms with Crippen LogP contribution in [0.4, 0.5) is 11.4 Å². The molecule has 206 valence electrons. The summed E-state index contributed by atoms with van der Waals surface area (Å²) in [5.41, 5.74) is 2.36. The van der Waals surface area contributed by atoms with E-state index in [1.54, 1.807) is 52.0 Å². The molecule has 2 heterocycles. The number of nitriles is 1. The molecule has 10 nitrogen and oxygen atoms in total. The highest BCUT2D eigenvalue weighted by Crippen LogP contribution is 2.31. The van der Waals surface area contributed by atoms with E-state index in [0.29, 0.717) is 39.9 Å². The summed E-state index contributed by atoms with van der Waals surface area (Å²) in [6.07, 6.45) is 1.43. The van der Waals surface area contributed by atoms with Crippen molar-refractivity contribution in [3.63, 3.8) is 0 Å². The lowest BCUT2D eigenvalue weighted by molar-refractivity contribution is 0.0947. The lowest BCUT2D eigenvalue weighted by Gasteiger charge is -2.34. The summed E-state index contributed by atoms with van der Waals surface area (Å²) in [6.45, 7) is 2.28. The Morgan fingerprint density at radius 3 is 2.37 bits per heavy atom. The van der Waals surface area contributed by atoms with E-state index in [9.17, 15) is 19.6 Å². The van der Waals surface area contributed by atoms with Gasteiger partial charge in [-0.25, -0.2) is 0 Å². The van der Waals surface area contributed by atoms with Gasteiger partial charge in [-0.3, -0.25) is 19.1 Å². The molecule has 1 aliphatic rings. The zero-order valence-corrected chi connectivity index (χ0v) is 23.1. The summed E-state index contributed by atoms with van der Waals surface area (Å²) in [7, 11) is 2.92. The molecule has 11 heteroatoms. The number of benzene rings is 3. The standard InChI is InChI=1S/C30H24ClN5O5/c1-17-16-35-27(24(15-33-35)34-29(38)20-7-11-25(40-2)21(12-20)14-32)30(39)36(17)22-8-4-18(5-9-22)28(37)19-6-10-23(31)26(13-19)41-3/h4-13,15,17H,16H2,1-3H3,(H,34,38). The van der Waals surface area contributed by atoms with Crippen LogP contribution >= 0.6 is 11.6 Å². The summed E-state index contributed by atoms with van der Waals surface area (Å²) < 4.78 is 11.9. The van der Waals surface area contributed by atoms with Crippen LogP contribution in [0.5, 0.6) is 11.5 Å². The molecule has 4 aromatic rings. The Bertz CT molecular complexity index is 1720. The number of fused-ring (bicyclic) bond motifs is 1. The van der Waals surface area contributed by atoms with Crippen LogP contribution in [0.3, 0.4) is 0 Å². The van der Waals surface area contributed by atoms with E-state index < -0.39 is 5.91 Å². The molecular weight excluding hydrogens is 546 g/mol. The summed E-state index contributed by atoms with van der Waals surface area (Å²) in [4.78, 5) is 41.4. The fraction of sp³-hybridized carbons (Fsp3) is 0.167. The predicted octanol–water partition coefficient (Wildman–Crippen LogP) is 4.96. The third kappa shape index (κ3) is 5.11. The van der Waals surface area contributed by atoms with E-state index in [4.69, 9.17) is 21.1 Å². The van der Waals surface area contributed by atoms with Gasteiger partial charge >= 0.3 is 0 Å². The summed E-state index contributed by atoms with van der Waals surface area (Å²) in [5.74, 6) is -0.318. The molecule has 1 atom stereocenters. The van der Waals surface area contributed by atoms with Crippen molar-refractivity contribution in [1.29, 1.82) is 5.26 Å². The number of anilines is 2. The first-order valence-electron chi connectivity index (χ1n) is 12.5. The van der Waals surface area contributed by atoms with Crippen LogP contribution in [0.15, 0.2) is 66.9 Å². The molecule has 41 heavy (non-hydrogen) atoms. The Balaban J connectivity index is 1.38. The van der Waals surface area contributed by atoms with Crippen molar-refractivity contribution in [2.24, 2.45) is 0 Å². The first-order valence-corrected chi connectivity index (χ1v) is 12.9. The van der Waals surface area contributed by atoms with Gasteiger partial charge in [0.2, 0.25) is 0 Å². The largest absolute Gasteiger partial charge is 0.495 e. The number of halogens is 1. The Labute approximate surface area is 240 Å². The number of rotatable bonds is 7. The molecule has 0 bridgehead atoms. The van der Waals surface area contributed by atoms with Crippen LogP contribution in [-0.2, 0) is 6.54 Å². The first-order chi connectivity index (χ1) is 19.7. The number of carbonyl (C=O) groups excluding carboxylic acids is 3. The van der Waals surface area contributed by atoms with Crippen LogP contribution in [0.25, 0.3) is 0 Å². The molecule has 2 amide bonds. The normalized spacial score (nSPS) is 14.2. The molecular formula is C30H24ClN5O5. The molecule has 1 aliphatic heterocycles. The predicted molar refractivity (Wildman–Crippen MR) is 152 cm³/mol. The SMILES string of the molecule is COc1cc(C(=O)c2ccc(N3C(=O)c4c(NC(=O)c5ccc(OC)c(C#N)c5)cnn4CC3C)cc2)ccc1Cl. The minimum absolute atomic E-state index is 0.213. The Morgan fingerprint density at radius 1 is 1.00 bits per heavy atom. The Morgan fingerprint density at radius 2 is 1.68 bits per heavy atom. The van der Waals surface area contributed by atoms with E-state index >= 15 is 0 Å². The zero-order chi connectivity index (χ0) is 29.3. The van der Waals surface area contributed by atoms with Gasteiger partial charge in [0.25, 0.3) is 11.8 Å². The summed E-state index contributed by atoms with van der Waals surface area (Å²) in [6, 6.07) is 17.8. The summed E-state index contributed by atoms with van der Waals surface area (Å²) >= 11 is 6.08. The highest BCUT2D eigenvalue weighted by atomic mass is 35.5. The number of nitrogens with one attached hydrogen (secondary N) is 1. The highest BCUT2D eigenvalue weighted by Gasteiger charge is 2.35. The maximum Gasteiger partial charge on any atom is 0.279 e. The number of carbonyl (C=O) groups is 3. The molecule has 0 fully saturated rings. The van der Waals surface area contributed by atoms with Gasteiger partial charge in [-0.15, -0.1) is 0 Å². The molecule has 0 saturated heterocycles. The molecule has 0 spiro atoms. The number of hydrogen-bond donors (Lipinski definition) is 1. The van der Waals surface area contributed by atoms with Gasteiger partial charge in [0.15, 0.2) is 5.78 Å². The monoisotopic (exact) mass is 569 g/mol. The Kier molecular flexibility index (Phi) is 7.46. The van der Waals surface area contributed by atoms with Crippen LogP contribution in [0, 0.1) is 11.3 Å².